The first-order chi connectivity index (χ1) is 9.89. The summed E-state index contributed by atoms with van der Waals surface area (Å²) >= 11 is 0. The molecule has 114 valence electrons. The van der Waals surface area contributed by atoms with E-state index in [2.05, 4.69) is 10.3 Å². The van der Waals surface area contributed by atoms with Crippen LogP contribution in [0.25, 0.3) is 10.9 Å². The number of hydrogen-bond donors (Lipinski definition) is 3. The van der Waals surface area contributed by atoms with Crippen molar-refractivity contribution in [3.8, 4) is 0 Å². The van der Waals surface area contributed by atoms with Crippen LogP contribution in [-0.4, -0.2) is 34.4 Å². The molecule has 0 saturated carbocycles. The van der Waals surface area contributed by atoms with Gasteiger partial charge in [-0.3, -0.25) is 0 Å². The lowest BCUT2D eigenvalue weighted by Gasteiger charge is -2.22. The highest BCUT2D eigenvalue weighted by Gasteiger charge is 2.20. The van der Waals surface area contributed by atoms with E-state index in [1.54, 1.807) is 20.8 Å². The van der Waals surface area contributed by atoms with Crippen molar-refractivity contribution < 1.29 is 14.6 Å². The Morgan fingerprint density at radius 1 is 1.38 bits per heavy atom. The van der Waals surface area contributed by atoms with Gasteiger partial charge in [-0.2, -0.15) is 0 Å². The van der Waals surface area contributed by atoms with Crippen LogP contribution in [0.2, 0.25) is 0 Å². The summed E-state index contributed by atoms with van der Waals surface area (Å²) < 4.78 is 5.21. The van der Waals surface area contributed by atoms with Crippen LogP contribution in [0.1, 0.15) is 26.3 Å². The maximum atomic E-state index is 11.8. The smallest absolute Gasteiger partial charge is 0.407 e. The van der Waals surface area contributed by atoms with Gasteiger partial charge in [0.25, 0.3) is 0 Å². The summed E-state index contributed by atoms with van der Waals surface area (Å²) in [5.74, 6) is 0. The van der Waals surface area contributed by atoms with Gasteiger partial charge in [0.15, 0.2) is 0 Å². The van der Waals surface area contributed by atoms with Gasteiger partial charge >= 0.3 is 6.09 Å². The third-order valence-corrected chi connectivity index (χ3v) is 3.08. The Morgan fingerprint density at radius 3 is 2.76 bits per heavy atom. The number of aromatic amines is 1. The van der Waals surface area contributed by atoms with Gasteiger partial charge in [0.2, 0.25) is 0 Å². The number of carbonyl (C=O) groups excluding carboxylic acids is 1. The van der Waals surface area contributed by atoms with Crippen LogP contribution in [0.3, 0.4) is 0 Å². The van der Waals surface area contributed by atoms with E-state index >= 15 is 0 Å². The number of para-hydroxylation sites is 1. The molecule has 0 aliphatic rings. The first kappa shape index (κ1) is 15.4. The molecule has 1 heterocycles. The van der Waals surface area contributed by atoms with Gasteiger partial charge in [0, 0.05) is 17.1 Å². The second-order valence-corrected chi connectivity index (χ2v) is 6.09. The minimum Gasteiger partial charge on any atom is -0.444 e. The predicted molar refractivity (Wildman–Crippen MR) is 82.2 cm³/mol. The van der Waals surface area contributed by atoms with Crippen molar-refractivity contribution in [2.24, 2.45) is 0 Å². The van der Waals surface area contributed by atoms with Crippen LogP contribution in [0, 0.1) is 0 Å². The predicted octanol–water partition coefficient (Wildman–Crippen LogP) is 2.60. The van der Waals surface area contributed by atoms with E-state index in [-0.39, 0.29) is 12.6 Å². The fourth-order valence-electron chi connectivity index (χ4n) is 2.20. The number of aromatic nitrogens is 1. The molecule has 0 radical (unpaired) electrons. The zero-order valence-corrected chi connectivity index (χ0v) is 12.6. The average Bonchev–Trinajstić information content (AvgIpc) is 2.79. The fourth-order valence-corrected chi connectivity index (χ4v) is 2.20. The zero-order valence-electron chi connectivity index (χ0n) is 12.6. The summed E-state index contributed by atoms with van der Waals surface area (Å²) in [6.07, 6.45) is 1.94. The SMILES string of the molecule is CC(C)(C)OC(=O)NC(CO)Cc1c[nH]c2ccccc12. The number of rotatable bonds is 4. The zero-order chi connectivity index (χ0) is 15.5. The first-order valence-corrected chi connectivity index (χ1v) is 7.04. The number of carbonyl (C=O) groups is 1. The molecule has 1 atom stereocenters. The third kappa shape index (κ3) is 4.23. The maximum Gasteiger partial charge on any atom is 0.407 e. The van der Waals surface area contributed by atoms with Gasteiger partial charge in [0.1, 0.15) is 5.60 Å². The Balaban J connectivity index is 2.04. The third-order valence-electron chi connectivity index (χ3n) is 3.08. The Morgan fingerprint density at radius 2 is 2.10 bits per heavy atom. The number of nitrogens with one attached hydrogen (secondary N) is 2. The van der Waals surface area contributed by atoms with E-state index in [0.717, 1.165) is 16.5 Å². The average molecular weight is 290 g/mol. The van der Waals surface area contributed by atoms with Crippen LogP contribution in [0.15, 0.2) is 30.5 Å². The molecular weight excluding hydrogens is 268 g/mol. The van der Waals surface area contributed by atoms with Gasteiger partial charge in [-0.1, -0.05) is 18.2 Å². The van der Waals surface area contributed by atoms with Crippen molar-refractivity contribution in [3.63, 3.8) is 0 Å². The van der Waals surface area contributed by atoms with Crippen LogP contribution in [-0.2, 0) is 11.2 Å². The molecule has 0 aliphatic carbocycles. The van der Waals surface area contributed by atoms with Crippen LogP contribution in [0.5, 0.6) is 0 Å². The summed E-state index contributed by atoms with van der Waals surface area (Å²) in [4.78, 5) is 15.0. The van der Waals surface area contributed by atoms with Crippen molar-refractivity contribution in [1.29, 1.82) is 0 Å². The molecule has 1 aromatic heterocycles. The number of alkyl carbamates (subject to hydrolysis) is 1. The Kier molecular flexibility index (Phi) is 4.53. The molecule has 2 aromatic rings. The Labute approximate surface area is 124 Å². The summed E-state index contributed by atoms with van der Waals surface area (Å²) in [6.45, 7) is 5.28. The summed E-state index contributed by atoms with van der Waals surface area (Å²) in [5.41, 5.74) is 1.55. The number of amides is 1. The van der Waals surface area contributed by atoms with Gasteiger partial charge < -0.3 is 20.1 Å². The Hall–Kier alpha value is -2.01. The molecular formula is C16H22N2O3. The molecule has 1 unspecified atom stereocenters. The molecule has 0 spiro atoms. The largest absolute Gasteiger partial charge is 0.444 e. The van der Waals surface area contributed by atoms with Crippen LogP contribution < -0.4 is 5.32 Å². The van der Waals surface area contributed by atoms with Crippen molar-refractivity contribution in [2.45, 2.75) is 38.8 Å². The molecule has 0 fully saturated rings. The lowest BCUT2D eigenvalue weighted by molar-refractivity contribution is 0.0483. The van der Waals surface area contributed by atoms with Crippen molar-refractivity contribution >= 4 is 17.0 Å². The summed E-state index contributed by atoms with van der Waals surface area (Å²) in [5, 5.41) is 13.3. The number of benzene rings is 1. The number of ether oxygens (including phenoxy) is 1. The van der Waals surface area contributed by atoms with Gasteiger partial charge in [0.05, 0.1) is 12.6 Å². The minimum atomic E-state index is -0.551. The molecule has 5 heteroatoms. The molecule has 0 aliphatic heterocycles. The van der Waals surface area contributed by atoms with Crippen LogP contribution >= 0.6 is 0 Å². The number of aliphatic hydroxyl groups excluding tert-OH is 1. The summed E-state index contributed by atoms with van der Waals surface area (Å²) in [6, 6.07) is 7.57. The standard InChI is InChI=1S/C16H22N2O3/c1-16(2,3)21-15(20)18-12(10-19)8-11-9-17-14-7-5-4-6-13(11)14/h4-7,9,12,17,19H,8,10H2,1-3H3,(H,18,20). The monoisotopic (exact) mass is 290 g/mol. The van der Waals surface area contributed by atoms with E-state index in [0.29, 0.717) is 6.42 Å². The highest BCUT2D eigenvalue weighted by molar-refractivity contribution is 5.83. The van der Waals surface area contributed by atoms with E-state index in [1.165, 1.54) is 0 Å². The van der Waals surface area contributed by atoms with E-state index in [1.807, 2.05) is 30.5 Å². The van der Waals surface area contributed by atoms with Gasteiger partial charge in [-0.05, 0) is 38.8 Å². The Bertz CT molecular complexity index is 613. The number of aliphatic hydroxyl groups is 1. The fraction of sp³-hybridized carbons (Fsp3) is 0.438. The van der Waals surface area contributed by atoms with E-state index in [4.69, 9.17) is 4.74 Å². The van der Waals surface area contributed by atoms with Gasteiger partial charge in [-0.25, -0.2) is 4.79 Å². The maximum absolute atomic E-state index is 11.8. The number of hydrogen-bond acceptors (Lipinski definition) is 3. The van der Waals surface area contributed by atoms with E-state index in [9.17, 15) is 9.90 Å². The molecule has 0 bridgehead atoms. The van der Waals surface area contributed by atoms with E-state index < -0.39 is 11.7 Å². The second-order valence-electron chi connectivity index (χ2n) is 6.09. The molecule has 2 rings (SSSR count). The van der Waals surface area contributed by atoms with Crippen molar-refractivity contribution in [1.82, 2.24) is 10.3 Å². The molecule has 21 heavy (non-hydrogen) atoms. The molecule has 0 saturated heterocycles. The summed E-state index contributed by atoms with van der Waals surface area (Å²) in [7, 11) is 0. The first-order valence-electron chi connectivity index (χ1n) is 7.04. The lowest BCUT2D eigenvalue weighted by atomic mass is 10.1. The highest BCUT2D eigenvalue weighted by atomic mass is 16.6. The second kappa shape index (κ2) is 6.18. The lowest BCUT2D eigenvalue weighted by Crippen LogP contribution is -2.42. The normalized spacial score (nSPS) is 13.1. The van der Waals surface area contributed by atoms with Crippen LogP contribution in [0.4, 0.5) is 4.79 Å². The quantitative estimate of drug-likeness (QED) is 0.810. The molecule has 1 aromatic carbocycles. The molecule has 3 N–H and O–H groups in total. The molecule has 5 nitrogen and oxygen atoms in total. The highest BCUT2D eigenvalue weighted by Crippen LogP contribution is 2.19. The van der Waals surface area contributed by atoms with Gasteiger partial charge in [-0.15, -0.1) is 0 Å². The number of H-pyrrole nitrogens is 1. The topological polar surface area (TPSA) is 74.3 Å². The molecule has 1 amide bonds. The minimum absolute atomic E-state index is 0.140. The number of fused-ring (bicyclic) bond motifs is 1. The van der Waals surface area contributed by atoms with Crippen molar-refractivity contribution in [2.75, 3.05) is 6.61 Å². The van der Waals surface area contributed by atoms with Crippen molar-refractivity contribution in [3.05, 3.63) is 36.0 Å².